The molecule has 0 bridgehead atoms. The summed E-state index contributed by atoms with van der Waals surface area (Å²) in [4.78, 5) is 13.0. The van der Waals surface area contributed by atoms with Crippen molar-refractivity contribution in [3.05, 3.63) is 95.7 Å². The summed E-state index contributed by atoms with van der Waals surface area (Å²) in [5, 5.41) is 12.5. The number of carbonyl (C=O) groups is 1. The molecule has 1 aliphatic carbocycles. The highest BCUT2D eigenvalue weighted by Crippen LogP contribution is 2.26. The first-order valence-corrected chi connectivity index (χ1v) is 11.3. The molecule has 0 amide bonds. The van der Waals surface area contributed by atoms with Crippen molar-refractivity contribution in [2.24, 2.45) is 4.40 Å². The second kappa shape index (κ2) is 8.68. The molecule has 3 aromatic rings. The van der Waals surface area contributed by atoms with Gasteiger partial charge in [0.15, 0.2) is 0 Å². The highest BCUT2D eigenvalue weighted by atomic mass is 32.2. The van der Waals surface area contributed by atoms with Crippen LogP contribution < -0.4 is 10.1 Å². The quantitative estimate of drug-likeness (QED) is 0.549. The molecule has 0 aliphatic heterocycles. The number of allylic oxidation sites excluding steroid dienone is 2. The standard InChI is InChI=1S/C24H20N2O5S/c1-2-31-18-11-13-19(14-12-18)32(29,30)26-22-15-23(25-16-7-9-17(27)10-8-16)24(28)21-6-4-3-5-20(21)22/h3-15,25,27H,2H2,1H3/b26-22-. The van der Waals surface area contributed by atoms with E-state index in [2.05, 4.69) is 9.71 Å². The molecule has 0 unspecified atom stereocenters. The maximum Gasteiger partial charge on any atom is 0.282 e. The average molecular weight is 449 g/mol. The van der Waals surface area contributed by atoms with Crippen molar-refractivity contribution in [2.75, 3.05) is 11.9 Å². The number of nitrogens with one attached hydrogen (secondary N) is 1. The number of ketones is 1. The van der Waals surface area contributed by atoms with Crippen LogP contribution in [-0.4, -0.2) is 31.6 Å². The molecule has 2 N–H and O–H groups in total. The summed E-state index contributed by atoms with van der Waals surface area (Å²) in [5.41, 5.74) is 1.67. The van der Waals surface area contributed by atoms with Gasteiger partial charge in [-0.2, -0.15) is 12.8 Å². The van der Waals surface area contributed by atoms with Crippen LogP contribution in [0.4, 0.5) is 5.69 Å². The monoisotopic (exact) mass is 448 g/mol. The molecule has 0 saturated carbocycles. The van der Waals surface area contributed by atoms with Gasteiger partial charge in [-0.3, -0.25) is 4.79 Å². The van der Waals surface area contributed by atoms with Crippen LogP contribution in [0.5, 0.6) is 11.5 Å². The Morgan fingerprint density at radius 1 is 0.938 bits per heavy atom. The van der Waals surface area contributed by atoms with E-state index in [1.807, 2.05) is 6.92 Å². The molecule has 0 aromatic heterocycles. The lowest BCUT2D eigenvalue weighted by Gasteiger charge is -2.18. The van der Waals surface area contributed by atoms with Crippen LogP contribution in [0.15, 0.2) is 93.9 Å². The van der Waals surface area contributed by atoms with Crippen molar-refractivity contribution in [3.8, 4) is 11.5 Å². The lowest BCUT2D eigenvalue weighted by atomic mass is 9.92. The summed E-state index contributed by atoms with van der Waals surface area (Å²) >= 11 is 0. The van der Waals surface area contributed by atoms with Crippen LogP contribution >= 0.6 is 0 Å². The van der Waals surface area contributed by atoms with Gasteiger partial charge in [0.05, 0.1) is 22.9 Å². The summed E-state index contributed by atoms with van der Waals surface area (Å²) < 4.78 is 35.3. The molecule has 162 valence electrons. The molecule has 0 atom stereocenters. The number of nitrogens with zero attached hydrogens (tertiary/aromatic N) is 1. The summed E-state index contributed by atoms with van der Waals surface area (Å²) in [6, 6.07) is 18.9. The van der Waals surface area contributed by atoms with E-state index in [4.69, 9.17) is 4.74 Å². The molecule has 7 nitrogen and oxygen atoms in total. The first-order valence-electron chi connectivity index (χ1n) is 9.87. The van der Waals surface area contributed by atoms with Gasteiger partial charge < -0.3 is 15.2 Å². The molecule has 0 heterocycles. The Labute approximate surface area is 185 Å². The second-order valence-corrected chi connectivity index (χ2v) is 8.56. The van der Waals surface area contributed by atoms with Crippen molar-refractivity contribution in [1.82, 2.24) is 0 Å². The second-order valence-electron chi connectivity index (χ2n) is 6.96. The van der Waals surface area contributed by atoms with Crippen LogP contribution in [0.25, 0.3) is 0 Å². The fourth-order valence-corrected chi connectivity index (χ4v) is 4.25. The first kappa shape index (κ1) is 21.3. The highest BCUT2D eigenvalue weighted by molar-refractivity contribution is 7.90. The fraction of sp³-hybridized carbons (Fsp3) is 0.0833. The first-order chi connectivity index (χ1) is 15.4. The average Bonchev–Trinajstić information content (AvgIpc) is 2.79. The number of phenolic OH excluding ortho intramolecular Hbond substituents is 1. The molecule has 1 aliphatic rings. The van der Waals surface area contributed by atoms with Crippen molar-refractivity contribution in [3.63, 3.8) is 0 Å². The third-order valence-corrected chi connectivity index (χ3v) is 6.08. The van der Waals surface area contributed by atoms with Crippen molar-refractivity contribution in [1.29, 1.82) is 0 Å². The minimum atomic E-state index is -4.04. The van der Waals surface area contributed by atoms with E-state index in [-0.39, 0.29) is 27.8 Å². The van der Waals surface area contributed by atoms with E-state index in [1.54, 1.807) is 48.5 Å². The number of aromatic hydroxyl groups is 1. The normalized spacial score (nSPS) is 14.6. The number of phenols is 1. The Hall–Kier alpha value is -3.91. The summed E-state index contributed by atoms with van der Waals surface area (Å²) in [7, 11) is -4.04. The minimum Gasteiger partial charge on any atom is -0.508 e. The summed E-state index contributed by atoms with van der Waals surface area (Å²) in [6.45, 7) is 2.31. The third kappa shape index (κ3) is 4.40. The van der Waals surface area contributed by atoms with Crippen LogP contribution in [0.3, 0.4) is 0 Å². The maximum absolute atomic E-state index is 13.0. The highest BCUT2D eigenvalue weighted by Gasteiger charge is 2.26. The molecule has 0 fully saturated rings. The molecule has 3 aromatic carbocycles. The Morgan fingerprint density at radius 3 is 2.25 bits per heavy atom. The van der Waals surface area contributed by atoms with Crippen LogP contribution in [0.2, 0.25) is 0 Å². The number of anilines is 1. The van der Waals surface area contributed by atoms with Gasteiger partial charge in [-0.05, 0) is 61.5 Å². The van der Waals surface area contributed by atoms with E-state index in [0.29, 0.717) is 29.2 Å². The zero-order chi connectivity index (χ0) is 22.7. The number of ether oxygens (including phenoxy) is 1. The van der Waals surface area contributed by atoms with Gasteiger partial charge in [0, 0.05) is 16.8 Å². The number of hydrogen-bond acceptors (Lipinski definition) is 6. The lowest BCUT2D eigenvalue weighted by Crippen LogP contribution is -2.22. The number of carbonyl (C=O) groups excluding carboxylic acids is 1. The molecule has 0 saturated heterocycles. The minimum absolute atomic E-state index is 0.0178. The summed E-state index contributed by atoms with van der Waals surface area (Å²) in [5.74, 6) is 0.368. The Kier molecular flexibility index (Phi) is 5.79. The van der Waals surface area contributed by atoms with Gasteiger partial charge >= 0.3 is 0 Å². The van der Waals surface area contributed by atoms with E-state index < -0.39 is 10.0 Å². The smallest absolute Gasteiger partial charge is 0.282 e. The van der Waals surface area contributed by atoms with Gasteiger partial charge in [-0.1, -0.05) is 24.3 Å². The fourth-order valence-electron chi connectivity index (χ4n) is 3.25. The van der Waals surface area contributed by atoms with Gasteiger partial charge in [-0.25, -0.2) is 0 Å². The number of rotatable bonds is 6. The number of benzene rings is 3. The van der Waals surface area contributed by atoms with Crippen LogP contribution in [0.1, 0.15) is 22.8 Å². The molecule has 4 rings (SSSR count). The maximum atomic E-state index is 13.0. The number of hydrogen-bond donors (Lipinski definition) is 2. The number of sulfonamides is 1. The van der Waals surface area contributed by atoms with Gasteiger partial charge in [0.2, 0.25) is 5.78 Å². The lowest BCUT2D eigenvalue weighted by molar-refractivity contribution is 0.103. The predicted octanol–water partition coefficient (Wildman–Crippen LogP) is 4.16. The van der Waals surface area contributed by atoms with Crippen molar-refractivity contribution in [2.45, 2.75) is 11.8 Å². The Morgan fingerprint density at radius 2 is 1.59 bits per heavy atom. The van der Waals surface area contributed by atoms with E-state index in [0.717, 1.165) is 0 Å². The van der Waals surface area contributed by atoms with Crippen LogP contribution in [0, 0.1) is 0 Å². The Bertz CT molecular complexity index is 1330. The SMILES string of the molecule is CCOc1ccc(S(=O)(=O)/N=C2/C=C(Nc3ccc(O)cc3)C(=O)c3ccccc32)cc1. The zero-order valence-corrected chi connectivity index (χ0v) is 18.0. The molecule has 0 radical (unpaired) electrons. The molecule has 32 heavy (non-hydrogen) atoms. The molecule has 0 spiro atoms. The zero-order valence-electron chi connectivity index (χ0n) is 17.1. The van der Waals surface area contributed by atoms with Crippen LogP contribution in [-0.2, 0) is 10.0 Å². The molecule has 8 heteroatoms. The molecular formula is C24H20N2O5S. The van der Waals surface area contributed by atoms with Crippen molar-refractivity contribution < 1.29 is 23.1 Å². The predicted molar refractivity (Wildman–Crippen MR) is 122 cm³/mol. The van der Waals surface area contributed by atoms with Crippen molar-refractivity contribution >= 4 is 27.2 Å². The largest absolute Gasteiger partial charge is 0.508 e. The van der Waals surface area contributed by atoms with Gasteiger partial charge in [0.25, 0.3) is 10.0 Å². The Balaban J connectivity index is 1.75. The number of fused-ring (bicyclic) bond motifs is 1. The number of Topliss-reactive ketones (excluding diaryl/α,β-unsaturated/α-hetero) is 1. The topological polar surface area (TPSA) is 105 Å². The van der Waals surface area contributed by atoms with Gasteiger partial charge in [0.1, 0.15) is 11.5 Å². The summed E-state index contributed by atoms with van der Waals surface area (Å²) in [6.07, 6.45) is 1.42. The van der Waals surface area contributed by atoms with E-state index >= 15 is 0 Å². The van der Waals surface area contributed by atoms with E-state index in [9.17, 15) is 18.3 Å². The third-order valence-electron chi connectivity index (χ3n) is 4.77. The molecular weight excluding hydrogens is 428 g/mol. The van der Waals surface area contributed by atoms with Gasteiger partial charge in [-0.15, -0.1) is 0 Å². The van der Waals surface area contributed by atoms with E-state index in [1.165, 1.54) is 30.3 Å².